The van der Waals surface area contributed by atoms with Crippen LogP contribution < -0.4 is 0 Å². The van der Waals surface area contributed by atoms with Gasteiger partial charge in [-0.25, -0.2) is 0 Å². The molecule has 1 saturated heterocycles. The Kier molecular flexibility index (Phi) is 4.76. The van der Waals surface area contributed by atoms with Gasteiger partial charge in [0.2, 0.25) is 0 Å². The van der Waals surface area contributed by atoms with E-state index in [0.29, 0.717) is 12.0 Å². The number of carbonyl (C=O) groups is 1. The standard InChI is InChI=1S/C17H25NO/c1-4-16(17(19)15-8-6-5-7-9-15)18-12-13(2)10-11-14(18)3/h5-9,13-14,16H,4,10-12H2,1-3H3. The molecular formula is C17H25NO. The van der Waals surface area contributed by atoms with E-state index in [1.807, 2.05) is 30.3 Å². The van der Waals surface area contributed by atoms with Gasteiger partial charge < -0.3 is 0 Å². The zero-order valence-corrected chi connectivity index (χ0v) is 12.3. The Morgan fingerprint density at radius 1 is 1.26 bits per heavy atom. The Balaban J connectivity index is 2.17. The first-order valence-electron chi connectivity index (χ1n) is 7.48. The second-order valence-corrected chi connectivity index (χ2v) is 5.88. The molecule has 0 amide bonds. The number of carbonyl (C=O) groups excluding carboxylic acids is 1. The molecule has 0 radical (unpaired) electrons. The van der Waals surface area contributed by atoms with E-state index in [4.69, 9.17) is 0 Å². The summed E-state index contributed by atoms with van der Waals surface area (Å²) in [6.45, 7) is 7.72. The van der Waals surface area contributed by atoms with Crippen LogP contribution in [-0.4, -0.2) is 29.3 Å². The largest absolute Gasteiger partial charge is 0.292 e. The van der Waals surface area contributed by atoms with Gasteiger partial charge in [0, 0.05) is 18.2 Å². The van der Waals surface area contributed by atoms with Gasteiger partial charge in [-0.1, -0.05) is 44.2 Å². The molecule has 1 aromatic rings. The quantitative estimate of drug-likeness (QED) is 0.767. The summed E-state index contributed by atoms with van der Waals surface area (Å²) in [4.78, 5) is 15.1. The maximum Gasteiger partial charge on any atom is 0.179 e. The average Bonchev–Trinajstić information content (AvgIpc) is 2.44. The number of benzene rings is 1. The highest BCUT2D eigenvalue weighted by atomic mass is 16.1. The predicted octanol–water partition coefficient (Wildman–Crippen LogP) is 3.77. The molecular weight excluding hydrogens is 234 g/mol. The topological polar surface area (TPSA) is 20.3 Å². The highest BCUT2D eigenvalue weighted by Crippen LogP contribution is 2.26. The van der Waals surface area contributed by atoms with Crippen molar-refractivity contribution in [1.82, 2.24) is 4.90 Å². The second kappa shape index (κ2) is 6.33. The fourth-order valence-electron chi connectivity index (χ4n) is 3.12. The number of ketones is 1. The molecule has 1 aliphatic heterocycles. The SMILES string of the molecule is CCC(C(=O)c1ccccc1)N1CC(C)CCC1C. The van der Waals surface area contributed by atoms with Gasteiger partial charge in [0.1, 0.15) is 0 Å². The minimum absolute atomic E-state index is 0.0418. The van der Waals surface area contributed by atoms with Gasteiger partial charge in [-0.05, 0) is 32.1 Å². The zero-order chi connectivity index (χ0) is 13.8. The Morgan fingerprint density at radius 3 is 2.58 bits per heavy atom. The van der Waals surface area contributed by atoms with Crippen LogP contribution in [-0.2, 0) is 0 Å². The molecule has 3 unspecified atom stereocenters. The number of piperidine rings is 1. The second-order valence-electron chi connectivity index (χ2n) is 5.88. The molecule has 19 heavy (non-hydrogen) atoms. The number of nitrogens with zero attached hydrogens (tertiary/aromatic N) is 1. The lowest BCUT2D eigenvalue weighted by Gasteiger charge is -2.41. The number of Topliss-reactive ketones (excluding diaryl/α,β-unsaturated/α-hetero) is 1. The van der Waals surface area contributed by atoms with E-state index >= 15 is 0 Å². The molecule has 0 aliphatic carbocycles. The van der Waals surface area contributed by atoms with E-state index in [1.54, 1.807) is 0 Å². The smallest absolute Gasteiger partial charge is 0.179 e. The third-order valence-electron chi connectivity index (χ3n) is 4.31. The molecule has 0 spiro atoms. The van der Waals surface area contributed by atoms with Crippen LogP contribution >= 0.6 is 0 Å². The fourth-order valence-corrected chi connectivity index (χ4v) is 3.12. The number of rotatable bonds is 4. The lowest BCUT2D eigenvalue weighted by atomic mass is 9.90. The van der Waals surface area contributed by atoms with Crippen molar-refractivity contribution in [3.63, 3.8) is 0 Å². The Hall–Kier alpha value is -1.15. The van der Waals surface area contributed by atoms with E-state index in [-0.39, 0.29) is 11.8 Å². The third kappa shape index (κ3) is 3.24. The van der Waals surface area contributed by atoms with Gasteiger partial charge in [0.25, 0.3) is 0 Å². The molecule has 1 heterocycles. The number of hydrogen-bond donors (Lipinski definition) is 0. The lowest BCUT2D eigenvalue weighted by molar-refractivity contribution is 0.0553. The minimum Gasteiger partial charge on any atom is -0.292 e. The van der Waals surface area contributed by atoms with Gasteiger partial charge in [0.05, 0.1) is 6.04 Å². The Bertz CT molecular complexity index is 415. The van der Waals surface area contributed by atoms with Crippen molar-refractivity contribution >= 4 is 5.78 Å². The summed E-state index contributed by atoms with van der Waals surface area (Å²) in [6.07, 6.45) is 3.39. The van der Waals surface area contributed by atoms with E-state index < -0.39 is 0 Å². The van der Waals surface area contributed by atoms with Crippen LogP contribution in [0, 0.1) is 5.92 Å². The Labute approximate surface area is 116 Å². The molecule has 3 atom stereocenters. The van der Waals surface area contributed by atoms with Gasteiger partial charge >= 0.3 is 0 Å². The Morgan fingerprint density at radius 2 is 1.95 bits per heavy atom. The number of hydrogen-bond acceptors (Lipinski definition) is 2. The predicted molar refractivity (Wildman–Crippen MR) is 79.4 cm³/mol. The van der Waals surface area contributed by atoms with Crippen molar-refractivity contribution < 1.29 is 4.79 Å². The molecule has 0 bridgehead atoms. The summed E-state index contributed by atoms with van der Waals surface area (Å²) >= 11 is 0. The van der Waals surface area contributed by atoms with Crippen LogP contribution in [0.15, 0.2) is 30.3 Å². The molecule has 104 valence electrons. The van der Waals surface area contributed by atoms with Crippen molar-refractivity contribution in [2.75, 3.05) is 6.54 Å². The zero-order valence-electron chi connectivity index (χ0n) is 12.3. The first kappa shape index (κ1) is 14.3. The molecule has 1 aromatic carbocycles. The molecule has 1 aliphatic rings. The molecule has 1 fully saturated rings. The molecule has 0 saturated carbocycles. The van der Waals surface area contributed by atoms with E-state index in [0.717, 1.165) is 18.5 Å². The molecule has 2 heteroatoms. The van der Waals surface area contributed by atoms with Gasteiger partial charge in [0.15, 0.2) is 5.78 Å². The van der Waals surface area contributed by atoms with Gasteiger partial charge in [-0.3, -0.25) is 9.69 Å². The normalized spacial score (nSPS) is 26.1. The monoisotopic (exact) mass is 259 g/mol. The highest BCUT2D eigenvalue weighted by molar-refractivity contribution is 6.00. The van der Waals surface area contributed by atoms with Crippen LogP contribution in [0.1, 0.15) is 50.4 Å². The maximum atomic E-state index is 12.7. The summed E-state index contributed by atoms with van der Waals surface area (Å²) in [5, 5.41) is 0. The van der Waals surface area contributed by atoms with Gasteiger partial charge in [-0.15, -0.1) is 0 Å². The minimum atomic E-state index is 0.0418. The van der Waals surface area contributed by atoms with Crippen molar-refractivity contribution in [3.05, 3.63) is 35.9 Å². The maximum absolute atomic E-state index is 12.7. The fraction of sp³-hybridized carbons (Fsp3) is 0.588. The molecule has 0 N–H and O–H groups in total. The summed E-state index contributed by atoms with van der Waals surface area (Å²) in [6, 6.07) is 10.3. The van der Waals surface area contributed by atoms with E-state index in [9.17, 15) is 4.79 Å². The van der Waals surface area contributed by atoms with Crippen LogP contribution in [0.25, 0.3) is 0 Å². The van der Waals surface area contributed by atoms with Crippen LogP contribution in [0.4, 0.5) is 0 Å². The highest BCUT2D eigenvalue weighted by Gasteiger charge is 2.32. The molecule has 2 nitrogen and oxygen atoms in total. The lowest BCUT2D eigenvalue weighted by Crippen LogP contribution is -2.50. The van der Waals surface area contributed by atoms with E-state index in [2.05, 4.69) is 25.7 Å². The van der Waals surface area contributed by atoms with Crippen molar-refractivity contribution in [2.45, 2.75) is 52.1 Å². The molecule has 2 rings (SSSR count). The summed E-state index contributed by atoms with van der Waals surface area (Å²) in [5.41, 5.74) is 0.847. The van der Waals surface area contributed by atoms with Crippen molar-refractivity contribution in [2.24, 2.45) is 5.92 Å². The summed E-state index contributed by atoms with van der Waals surface area (Å²) in [5.74, 6) is 0.984. The van der Waals surface area contributed by atoms with Crippen LogP contribution in [0.2, 0.25) is 0 Å². The number of likely N-dealkylation sites (tertiary alicyclic amines) is 1. The van der Waals surface area contributed by atoms with Crippen molar-refractivity contribution in [1.29, 1.82) is 0 Å². The van der Waals surface area contributed by atoms with Crippen LogP contribution in [0.3, 0.4) is 0 Å². The average molecular weight is 259 g/mol. The summed E-state index contributed by atoms with van der Waals surface area (Å²) in [7, 11) is 0. The first-order valence-corrected chi connectivity index (χ1v) is 7.48. The third-order valence-corrected chi connectivity index (χ3v) is 4.31. The van der Waals surface area contributed by atoms with Crippen LogP contribution in [0.5, 0.6) is 0 Å². The molecule has 0 aromatic heterocycles. The van der Waals surface area contributed by atoms with Crippen molar-refractivity contribution in [3.8, 4) is 0 Å². The van der Waals surface area contributed by atoms with Gasteiger partial charge in [-0.2, -0.15) is 0 Å². The summed E-state index contributed by atoms with van der Waals surface area (Å²) < 4.78 is 0. The van der Waals surface area contributed by atoms with E-state index in [1.165, 1.54) is 12.8 Å². The first-order chi connectivity index (χ1) is 9.13.